The third-order valence-electron chi connectivity index (χ3n) is 2.17. The maximum Gasteiger partial charge on any atom is 0.325 e. The number of rotatable bonds is 5. The second-order valence-corrected chi connectivity index (χ2v) is 4.01. The molecule has 0 amide bonds. The van der Waals surface area contributed by atoms with Crippen LogP contribution in [-0.2, 0) is 9.53 Å². The maximum absolute atomic E-state index is 11.4. The fourth-order valence-electron chi connectivity index (χ4n) is 1.12. The van der Waals surface area contributed by atoms with Crippen LogP contribution in [0.15, 0.2) is 24.3 Å². The van der Waals surface area contributed by atoms with E-state index in [1.807, 2.05) is 26.0 Å². The van der Waals surface area contributed by atoms with Crippen molar-refractivity contribution in [2.24, 2.45) is 0 Å². The van der Waals surface area contributed by atoms with E-state index in [-0.39, 0.29) is 18.6 Å². The van der Waals surface area contributed by atoms with Crippen molar-refractivity contribution < 1.29 is 9.53 Å². The number of hydrogen-bond acceptors (Lipinski definition) is 3. The van der Waals surface area contributed by atoms with Gasteiger partial charge in [-0.25, -0.2) is 0 Å². The van der Waals surface area contributed by atoms with Gasteiger partial charge in [-0.3, -0.25) is 4.79 Å². The number of ether oxygens (including phenoxy) is 1. The molecule has 0 heterocycles. The number of anilines is 1. The van der Waals surface area contributed by atoms with E-state index in [1.165, 1.54) is 0 Å². The molecule has 4 heteroatoms. The molecule has 1 unspecified atom stereocenters. The summed E-state index contributed by atoms with van der Waals surface area (Å²) in [5.41, 5.74) is 0.814. The van der Waals surface area contributed by atoms with E-state index in [1.54, 1.807) is 12.1 Å². The standard InChI is InChI=1S/C12H16ClNO2/c1-3-9(2)16-12(15)8-14-11-6-4-5-10(13)7-11/h4-7,9,14H,3,8H2,1-2H3. The average molecular weight is 242 g/mol. The Balaban J connectivity index is 2.37. The minimum absolute atomic E-state index is 0.0336. The molecule has 0 aliphatic rings. The molecule has 1 N–H and O–H groups in total. The molecule has 0 fully saturated rings. The second kappa shape index (κ2) is 6.38. The normalized spacial score (nSPS) is 11.9. The number of esters is 1. The summed E-state index contributed by atoms with van der Waals surface area (Å²) in [7, 11) is 0. The average Bonchev–Trinajstić information content (AvgIpc) is 2.26. The first-order valence-corrected chi connectivity index (χ1v) is 5.68. The van der Waals surface area contributed by atoms with Crippen LogP contribution >= 0.6 is 11.6 Å². The molecular formula is C12H16ClNO2. The predicted molar refractivity (Wildman–Crippen MR) is 65.8 cm³/mol. The zero-order chi connectivity index (χ0) is 12.0. The smallest absolute Gasteiger partial charge is 0.325 e. The molecule has 1 aromatic carbocycles. The third-order valence-corrected chi connectivity index (χ3v) is 2.40. The van der Waals surface area contributed by atoms with Crippen LogP contribution in [0.1, 0.15) is 20.3 Å². The van der Waals surface area contributed by atoms with Crippen LogP contribution in [0, 0.1) is 0 Å². The van der Waals surface area contributed by atoms with Crippen molar-refractivity contribution >= 4 is 23.3 Å². The second-order valence-electron chi connectivity index (χ2n) is 3.57. The van der Waals surface area contributed by atoms with Gasteiger partial charge in [0, 0.05) is 10.7 Å². The molecule has 0 aliphatic heterocycles. The topological polar surface area (TPSA) is 38.3 Å². The molecule has 0 saturated carbocycles. The van der Waals surface area contributed by atoms with Crippen LogP contribution < -0.4 is 5.32 Å². The molecule has 1 rings (SSSR count). The minimum Gasteiger partial charge on any atom is -0.461 e. The van der Waals surface area contributed by atoms with E-state index in [0.717, 1.165) is 12.1 Å². The lowest BCUT2D eigenvalue weighted by Crippen LogP contribution is -2.21. The Labute approximate surface area is 101 Å². The molecule has 0 radical (unpaired) electrons. The Hall–Kier alpha value is -1.22. The highest BCUT2D eigenvalue weighted by Gasteiger charge is 2.06. The van der Waals surface area contributed by atoms with Gasteiger partial charge in [0.05, 0.1) is 6.10 Å². The molecule has 88 valence electrons. The van der Waals surface area contributed by atoms with Crippen LogP contribution in [0.4, 0.5) is 5.69 Å². The van der Waals surface area contributed by atoms with Crippen LogP contribution in [-0.4, -0.2) is 18.6 Å². The molecule has 1 atom stereocenters. The highest BCUT2D eigenvalue weighted by Crippen LogP contribution is 2.14. The lowest BCUT2D eigenvalue weighted by Gasteiger charge is -2.11. The zero-order valence-electron chi connectivity index (χ0n) is 9.50. The molecule has 0 spiro atoms. The lowest BCUT2D eigenvalue weighted by molar-refractivity contribution is -0.146. The summed E-state index contributed by atoms with van der Waals surface area (Å²) in [5.74, 6) is -0.255. The Morgan fingerprint density at radius 3 is 2.94 bits per heavy atom. The van der Waals surface area contributed by atoms with Gasteiger partial charge >= 0.3 is 5.97 Å². The number of carbonyl (C=O) groups is 1. The first kappa shape index (κ1) is 12.8. The van der Waals surface area contributed by atoms with Gasteiger partial charge in [-0.15, -0.1) is 0 Å². The zero-order valence-corrected chi connectivity index (χ0v) is 10.3. The summed E-state index contributed by atoms with van der Waals surface area (Å²) in [4.78, 5) is 11.4. The number of halogens is 1. The molecule has 16 heavy (non-hydrogen) atoms. The fourth-order valence-corrected chi connectivity index (χ4v) is 1.31. The Bertz CT molecular complexity index is 355. The van der Waals surface area contributed by atoms with E-state index >= 15 is 0 Å². The van der Waals surface area contributed by atoms with E-state index < -0.39 is 0 Å². The van der Waals surface area contributed by atoms with Gasteiger partial charge < -0.3 is 10.1 Å². The number of carbonyl (C=O) groups excluding carboxylic acids is 1. The summed E-state index contributed by atoms with van der Waals surface area (Å²) < 4.78 is 5.12. The van der Waals surface area contributed by atoms with Gasteiger partial charge in [-0.1, -0.05) is 24.6 Å². The first-order chi connectivity index (χ1) is 7.61. The van der Waals surface area contributed by atoms with Crippen molar-refractivity contribution in [2.75, 3.05) is 11.9 Å². The van der Waals surface area contributed by atoms with Gasteiger partial charge in [0.2, 0.25) is 0 Å². The molecule has 0 aliphatic carbocycles. The molecule has 0 bridgehead atoms. The number of nitrogens with one attached hydrogen (secondary N) is 1. The summed E-state index contributed by atoms with van der Waals surface area (Å²) in [6.45, 7) is 4.00. The molecule has 0 saturated heterocycles. The van der Waals surface area contributed by atoms with E-state index in [2.05, 4.69) is 5.32 Å². The maximum atomic E-state index is 11.4. The Morgan fingerprint density at radius 2 is 2.31 bits per heavy atom. The van der Waals surface area contributed by atoms with Crippen LogP contribution in [0.2, 0.25) is 5.02 Å². The summed E-state index contributed by atoms with van der Waals surface area (Å²) in [5, 5.41) is 3.59. The van der Waals surface area contributed by atoms with Gasteiger partial charge in [0.25, 0.3) is 0 Å². The van der Waals surface area contributed by atoms with Crippen molar-refractivity contribution in [3.63, 3.8) is 0 Å². The van der Waals surface area contributed by atoms with Crippen molar-refractivity contribution in [2.45, 2.75) is 26.4 Å². The van der Waals surface area contributed by atoms with Crippen molar-refractivity contribution in [1.29, 1.82) is 0 Å². The van der Waals surface area contributed by atoms with Gasteiger partial charge in [0.15, 0.2) is 0 Å². The third kappa shape index (κ3) is 4.53. The van der Waals surface area contributed by atoms with Crippen LogP contribution in [0.5, 0.6) is 0 Å². The van der Waals surface area contributed by atoms with Gasteiger partial charge in [-0.05, 0) is 31.5 Å². The van der Waals surface area contributed by atoms with Crippen molar-refractivity contribution in [3.05, 3.63) is 29.3 Å². The fraction of sp³-hybridized carbons (Fsp3) is 0.417. The minimum atomic E-state index is -0.255. The highest BCUT2D eigenvalue weighted by molar-refractivity contribution is 6.30. The summed E-state index contributed by atoms with van der Waals surface area (Å²) in [6, 6.07) is 7.22. The van der Waals surface area contributed by atoms with E-state index in [0.29, 0.717) is 5.02 Å². The number of hydrogen-bond donors (Lipinski definition) is 1. The van der Waals surface area contributed by atoms with E-state index in [9.17, 15) is 4.79 Å². The summed E-state index contributed by atoms with van der Waals surface area (Å²) >= 11 is 5.81. The van der Waals surface area contributed by atoms with Crippen LogP contribution in [0.3, 0.4) is 0 Å². The van der Waals surface area contributed by atoms with Crippen molar-refractivity contribution in [1.82, 2.24) is 0 Å². The molecule has 3 nitrogen and oxygen atoms in total. The van der Waals surface area contributed by atoms with Gasteiger partial charge in [-0.2, -0.15) is 0 Å². The highest BCUT2D eigenvalue weighted by atomic mass is 35.5. The quantitative estimate of drug-likeness (QED) is 0.805. The lowest BCUT2D eigenvalue weighted by atomic mass is 10.3. The number of benzene rings is 1. The summed E-state index contributed by atoms with van der Waals surface area (Å²) in [6.07, 6.45) is 0.789. The molecule has 0 aromatic heterocycles. The molecule has 1 aromatic rings. The Kier molecular flexibility index (Phi) is 5.12. The monoisotopic (exact) mass is 241 g/mol. The van der Waals surface area contributed by atoms with Gasteiger partial charge in [0.1, 0.15) is 6.54 Å². The van der Waals surface area contributed by atoms with E-state index in [4.69, 9.17) is 16.3 Å². The Morgan fingerprint density at radius 1 is 1.56 bits per heavy atom. The molecular weight excluding hydrogens is 226 g/mol. The predicted octanol–water partition coefficient (Wildman–Crippen LogP) is 3.09. The van der Waals surface area contributed by atoms with Crippen molar-refractivity contribution in [3.8, 4) is 0 Å². The SMILES string of the molecule is CCC(C)OC(=O)CNc1cccc(Cl)c1. The first-order valence-electron chi connectivity index (χ1n) is 5.30. The van der Waals surface area contributed by atoms with Crippen LogP contribution in [0.25, 0.3) is 0 Å². The largest absolute Gasteiger partial charge is 0.461 e.